The molecule has 0 saturated carbocycles. The molecule has 128 valence electrons. The molecule has 0 radical (unpaired) electrons. The van der Waals surface area contributed by atoms with Crippen molar-refractivity contribution < 1.29 is 22.7 Å². The number of carbonyl (C=O) groups excluding carboxylic acids is 1. The smallest absolute Gasteiger partial charge is 0.415 e. The summed E-state index contributed by atoms with van der Waals surface area (Å²) in [5, 5.41) is 0.394. The fraction of sp³-hybridized carbons (Fsp3) is 0.533. The van der Waals surface area contributed by atoms with Gasteiger partial charge in [0.15, 0.2) is 0 Å². The maximum absolute atomic E-state index is 13.4. The number of amides is 1. The Labute approximate surface area is 145 Å². The van der Waals surface area contributed by atoms with E-state index in [0.29, 0.717) is 20.0 Å². The van der Waals surface area contributed by atoms with Crippen molar-refractivity contribution in [1.82, 2.24) is 0 Å². The van der Waals surface area contributed by atoms with Gasteiger partial charge in [0.25, 0.3) is 0 Å². The Morgan fingerprint density at radius 2 is 1.96 bits per heavy atom. The number of fused-ring (bicyclic) bond motifs is 1. The van der Waals surface area contributed by atoms with Crippen LogP contribution in [-0.4, -0.2) is 23.9 Å². The Hall–Kier alpha value is -0.950. The number of halogens is 5. The van der Waals surface area contributed by atoms with Gasteiger partial charge in [-0.15, -0.1) is 0 Å². The van der Waals surface area contributed by atoms with Gasteiger partial charge in [0.05, 0.1) is 5.69 Å². The third-order valence-electron chi connectivity index (χ3n) is 3.31. The fourth-order valence-electron chi connectivity index (χ4n) is 2.50. The first-order chi connectivity index (χ1) is 10.4. The van der Waals surface area contributed by atoms with Crippen LogP contribution in [0.5, 0.6) is 0 Å². The van der Waals surface area contributed by atoms with E-state index in [9.17, 15) is 18.0 Å². The van der Waals surface area contributed by atoms with Gasteiger partial charge in [0.2, 0.25) is 0 Å². The molecular weight excluding hydrogens is 399 g/mol. The number of aryl methyl sites for hydroxylation is 1. The van der Waals surface area contributed by atoms with Crippen LogP contribution in [0.3, 0.4) is 0 Å². The maximum atomic E-state index is 13.4. The minimum Gasteiger partial charge on any atom is -0.443 e. The van der Waals surface area contributed by atoms with Crippen LogP contribution < -0.4 is 4.90 Å². The molecule has 0 spiro atoms. The molecule has 1 aromatic carbocycles. The average Bonchev–Trinajstić information content (AvgIpc) is 2.33. The lowest BCUT2D eigenvalue weighted by Crippen LogP contribution is -2.53. The molecule has 1 heterocycles. The first-order valence-electron chi connectivity index (χ1n) is 6.97. The third-order valence-corrected chi connectivity index (χ3v) is 4.14. The molecule has 1 amide bonds. The molecular formula is C15H16BrClF3NO2. The number of ether oxygens (including phenoxy) is 1. The van der Waals surface area contributed by atoms with Crippen molar-refractivity contribution in [2.45, 2.75) is 51.4 Å². The van der Waals surface area contributed by atoms with Crippen molar-refractivity contribution in [3.8, 4) is 0 Å². The van der Waals surface area contributed by atoms with Crippen LogP contribution in [0.2, 0.25) is 5.02 Å². The quantitative estimate of drug-likeness (QED) is 0.543. The van der Waals surface area contributed by atoms with Crippen LogP contribution in [0.15, 0.2) is 16.6 Å². The predicted octanol–water partition coefficient (Wildman–Crippen LogP) is 5.72. The SMILES string of the molecule is CC(C)(C)OC(=O)N1c2c(Br)cc(Cl)cc2CCC1C(F)(F)F. The lowest BCUT2D eigenvalue weighted by molar-refractivity contribution is -0.150. The zero-order valence-electron chi connectivity index (χ0n) is 12.8. The largest absolute Gasteiger partial charge is 0.443 e. The fourth-order valence-corrected chi connectivity index (χ4v) is 3.56. The summed E-state index contributed by atoms with van der Waals surface area (Å²) in [7, 11) is 0. The highest BCUT2D eigenvalue weighted by atomic mass is 79.9. The summed E-state index contributed by atoms with van der Waals surface area (Å²) in [6.45, 7) is 4.82. The van der Waals surface area contributed by atoms with E-state index in [0.717, 1.165) is 0 Å². The molecule has 23 heavy (non-hydrogen) atoms. The Morgan fingerprint density at radius 1 is 1.35 bits per heavy atom. The molecule has 8 heteroatoms. The van der Waals surface area contributed by atoms with E-state index in [-0.39, 0.29) is 18.5 Å². The van der Waals surface area contributed by atoms with Crippen LogP contribution in [0, 0.1) is 0 Å². The van der Waals surface area contributed by atoms with Crippen molar-refractivity contribution in [2.24, 2.45) is 0 Å². The van der Waals surface area contributed by atoms with E-state index in [1.165, 1.54) is 6.07 Å². The van der Waals surface area contributed by atoms with Crippen LogP contribution >= 0.6 is 27.5 Å². The summed E-state index contributed by atoms with van der Waals surface area (Å²) in [6, 6.07) is 1.12. The van der Waals surface area contributed by atoms with E-state index >= 15 is 0 Å². The number of carbonyl (C=O) groups is 1. The molecule has 2 rings (SSSR count). The summed E-state index contributed by atoms with van der Waals surface area (Å²) in [4.78, 5) is 13.1. The number of alkyl halides is 3. The highest BCUT2D eigenvalue weighted by molar-refractivity contribution is 9.10. The molecule has 1 aromatic rings. The van der Waals surface area contributed by atoms with Gasteiger partial charge in [-0.05, 0) is 67.2 Å². The average molecular weight is 415 g/mol. The lowest BCUT2D eigenvalue weighted by atomic mass is 9.95. The van der Waals surface area contributed by atoms with E-state index in [1.807, 2.05) is 0 Å². The van der Waals surface area contributed by atoms with Gasteiger partial charge in [0, 0.05) is 9.50 Å². The Kier molecular flexibility index (Phi) is 4.93. The number of hydrogen-bond acceptors (Lipinski definition) is 2. The summed E-state index contributed by atoms with van der Waals surface area (Å²) in [5.41, 5.74) is -0.156. The zero-order valence-corrected chi connectivity index (χ0v) is 15.1. The van der Waals surface area contributed by atoms with Gasteiger partial charge in [-0.1, -0.05) is 11.6 Å². The first-order valence-corrected chi connectivity index (χ1v) is 8.14. The molecule has 0 aromatic heterocycles. The van der Waals surface area contributed by atoms with Gasteiger partial charge >= 0.3 is 12.3 Å². The van der Waals surface area contributed by atoms with Gasteiger partial charge in [-0.2, -0.15) is 13.2 Å². The summed E-state index contributed by atoms with van der Waals surface area (Å²) in [5.74, 6) is 0. The minimum atomic E-state index is -4.55. The number of hydrogen-bond donors (Lipinski definition) is 0. The standard InChI is InChI=1S/C15H16BrClF3NO2/c1-14(2,3)23-13(22)21-11(15(18,19)20)5-4-8-6-9(17)7-10(16)12(8)21/h6-7,11H,4-5H2,1-3H3. The van der Waals surface area contributed by atoms with E-state index in [2.05, 4.69) is 15.9 Å². The number of nitrogens with zero attached hydrogens (tertiary/aromatic N) is 1. The Bertz CT molecular complexity index is 628. The maximum Gasteiger partial charge on any atom is 0.415 e. The monoisotopic (exact) mass is 413 g/mol. The molecule has 0 aliphatic carbocycles. The Morgan fingerprint density at radius 3 is 2.48 bits per heavy atom. The molecule has 1 atom stereocenters. The first kappa shape index (κ1) is 18.4. The lowest BCUT2D eigenvalue weighted by Gasteiger charge is -2.39. The predicted molar refractivity (Wildman–Crippen MR) is 86.0 cm³/mol. The van der Waals surface area contributed by atoms with E-state index in [1.54, 1.807) is 26.8 Å². The van der Waals surface area contributed by atoms with E-state index in [4.69, 9.17) is 16.3 Å². The number of anilines is 1. The van der Waals surface area contributed by atoms with E-state index < -0.39 is 23.9 Å². The zero-order chi connectivity index (χ0) is 17.6. The highest BCUT2D eigenvalue weighted by Gasteiger charge is 2.49. The van der Waals surface area contributed by atoms with Gasteiger partial charge in [-0.3, -0.25) is 4.90 Å². The van der Waals surface area contributed by atoms with Crippen molar-refractivity contribution in [3.05, 3.63) is 27.2 Å². The van der Waals surface area contributed by atoms with Crippen LogP contribution in [0.1, 0.15) is 32.8 Å². The molecule has 3 nitrogen and oxygen atoms in total. The topological polar surface area (TPSA) is 29.5 Å². The molecule has 0 bridgehead atoms. The second-order valence-corrected chi connectivity index (χ2v) is 7.63. The van der Waals surface area contributed by atoms with Crippen LogP contribution in [0.25, 0.3) is 0 Å². The van der Waals surface area contributed by atoms with Crippen molar-refractivity contribution in [3.63, 3.8) is 0 Å². The van der Waals surface area contributed by atoms with Crippen molar-refractivity contribution >= 4 is 39.3 Å². The Balaban J connectivity index is 2.54. The molecule has 0 N–H and O–H groups in total. The molecule has 1 aliphatic rings. The second-order valence-electron chi connectivity index (χ2n) is 6.34. The summed E-state index contributed by atoms with van der Waals surface area (Å²) < 4.78 is 45.7. The highest BCUT2D eigenvalue weighted by Crippen LogP contribution is 2.43. The second kappa shape index (κ2) is 6.16. The molecule has 0 fully saturated rings. The minimum absolute atomic E-state index is 0.164. The van der Waals surface area contributed by atoms with Crippen LogP contribution in [-0.2, 0) is 11.2 Å². The molecule has 0 saturated heterocycles. The molecule has 1 aliphatic heterocycles. The summed E-state index contributed by atoms with van der Waals surface area (Å²) >= 11 is 9.17. The van der Waals surface area contributed by atoms with Gasteiger partial charge < -0.3 is 4.74 Å². The van der Waals surface area contributed by atoms with Crippen molar-refractivity contribution in [1.29, 1.82) is 0 Å². The van der Waals surface area contributed by atoms with Crippen molar-refractivity contribution in [2.75, 3.05) is 4.90 Å². The van der Waals surface area contributed by atoms with Gasteiger partial charge in [0.1, 0.15) is 11.6 Å². The summed E-state index contributed by atoms with van der Waals surface area (Å²) in [6.07, 6.45) is -5.63. The number of benzene rings is 1. The van der Waals surface area contributed by atoms with Gasteiger partial charge in [-0.25, -0.2) is 4.79 Å². The third kappa shape index (κ3) is 4.12. The molecule has 1 unspecified atom stereocenters. The van der Waals surface area contributed by atoms with Crippen LogP contribution in [0.4, 0.5) is 23.7 Å². The number of rotatable bonds is 0. The normalized spacial score (nSPS) is 18.6.